The van der Waals surface area contributed by atoms with Gasteiger partial charge in [-0.25, -0.2) is 0 Å². The van der Waals surface area contributed by atoms with Crippen LogP contribution in [0.4, 0.5) is 5.69 Å². The quantitative estimate of drug-likeness (QED) is 0.932. The lowest BCUT2D eigenvalue weighted by atomic mass is 10.2. The van der Waals surface area contributed by atoms with Gasteiger partial charge in [-0.15, -0.1) is 0 Å². The number of hydrogen-bond acceptors (Lipinski definition) is 2. The maximum Gasteiger partial charge on any atom is 0.250 e. The van der Waals surface area contributed by atoms with Crippen LogP contribution in [-0.4, -0.2) is 11.1 Å². The van der Waals surface area contributed by atoms with Crippen LogP contribution in [0.15, 0.2) is 45.7 Å². The van der Waals surface area contributed by atoms with Crippen molar-refractivity contribution in [3.63, 3.8) is 0 Å². The van der Waals surface area contributed by atoms with Crippen LogP contribution in [0.1, 0.15) is 17.7 Å². The van der Waals surface area contributed by atoms with Crippen molar-refractivity contribution in [3.05, 3.63) is 62.5 Å². The van der Waals surface area contributed by atoms with Gasteiger partial charge in [0.1, 0.15) is 0 Å². The van der Waals surface area contributed by atoms with Crippen molar-refractivity contribution in [2.75, 3.05) is 11.9 Å². The van der Waals surface area contributed by atoms with Gasteiger partial charge in [0.25, 0.3) is 5.56 Å². The number of aromatic nitrogens is 1. The number of benzene rings is 1. The molecule has 0 fully saturated rings. The van der Waals surface area contributed by atoms with Crippen molar-refractivity contribution < 1.29 is 0 Å². The van der Waals surface area contributed by atoms with Crippen LogP contribution < -0.4 is 10.9 Å². The molecule has 1 N–H and O–H groups in total. The van der Waals surface area contributed by atoms with Crippen molar-refractivity contribution in [1.82, 2.24) is 4.57 Å². The molecule has 1 aromatic heterocycles. The molecule has 3 nitrogen and oxygen atoms in total. The van der Waals surface area contributed by atoms with Gasteiger partial charge in [0.2, 0.25) is 0 Å². The van der Waals surface area contributed by atoms with Crippen LogP contribution in [-0.2, 0) is 19.4 Å². The Hall–Kier alpha value is -1.55. The third-order valence-corrected chi connectivity index (χ3v) is 4.47. The smallest absolute Gasteiger partial charge is 0.250 e. The summed E-state index contributed by atoms with van der Waals surface area (Å²) in [6, 6.07) is 11.7. The zero-order chi connectivity index (χ0) is 13.9. The Balaban J connectivity index is 1.72. The molecular weight excluding hydrogens is 316 g/mol. The fraction of sp³-hybridized carbons (Fsp3) is 0.312. The van der Waals surface area contributed by atoms with E-state index in [0.29, 0.717) is 6.54 Å². The minimum Gasteiger partial charge on any atom is -0.382 e. The second-order valence-corrected chi connectivity index (χ2v) is 5.91. The molecular formula is C16H17BrN2O. The Bertz CT molecular complexity index is 678. The van der Waals surface area contributed by atoms with Crippen LogP contribution in [0.3, 0.4) is 0 Å². The second-order valence-electron chi connectivity index (χ2n) is 5.06. The van der Waals surface area contributed by atoms with E-state index < -0.39 is 0 Å². The minimum absolute atomic E-state index is 0.111. The Kier molecular flexibility index (Phi) is 3.92. The fourth-order valence-electron chi connectivity index (χ4n) is 2.79. The third-order valence-electron chi connectivity index (χ3n) is 3.77. The third kappa shape index (κ3) is 2.66. The van der Waals surface area contributed by atoms with Gasteiger partial charge in [0.15, 0.2) is 0 Å². The number of fused-ring (bicyclic) bond motifs is 1. The van der Waals surface area contributed by atoms with Gasteiger partial charge in [0, 0.05) is 35.0 Å². The van der Waals surface area contributed by atoms with Crippen molar-refractivity contribution >= 4 is 21.6 Å². The van der Waals surface area contributed by atoms with Crippen molar-refractivity contribution in [2.24, 2.45) is 0 Å². The molecule has 3 rings (SSSR count). The number of halogens is 1. The summed E-state index contributed by atoms with van der Waals surface area (Å²) >= 11 is 3.52. The molecule has 2 aromatic rings. The van der Waals surface area contributed by atoms with E-state index in [-0.39, 0.29) is 5.56 Å². The molecule has 1 aliphatic rings. The molecule has 0 amide bonds. The SMILES string of the molecule is O=c1ccc2c(n1CCNc1ccccc1Br)CCC2. The summed E-state index contributed by atoms with van der Waals surface area (Å²) in [6.07, 6.45) is 3.30. The van der Waals surface area contributed by atoms with Gasteiger partial charge in [-0.3, -0.25) is 4.79 Å². The van der Waals surface area contributed by atoms with E-state index in [4.69, 9.17) is 0 Å². The second kappa shape index (κ2) is 5.83. The summed E-state index contributed by atoms with van der Waals surface area (Å²) in [6.45, 7) is 1.46. The summed E-state index contributed by atoms with van der Waals surface area (Å²) in [4.78, 5) is 12.0. The van der Waals surface area contributed by atoms with Crippen LogP contribution in [0, 0.1) is 0 Å². The summed E-state index contributed by atoms with van der Waals surface area (Å²) < 4.78 is 2.97. The molecule has 0 atom stereocenters. The lowest BCUT2D eigenvalue weighted by molar-refractivity contribution is 0.659. The van der Waals surface area contributed by atoms with E-state index in [1.54, 1.807) is 6.07 Å². The first-order valence-corrected chi connectivity index (χ1v) is 7.75. The van der Waals surface area contributed by atoms with E-state index >= 15 is 0 Å². The first-order valence-electron chi connectivity index (χ1n) is 6.96. The predicted molar refractivity (Wildman–Crippen MR) is 85.4 cm³/mol. The topological polar surface area (TPSA) is 34.0 Å². The van der Waals surface area contributed by atoms with E-state index in [2.05, 4.69) is 21.2 Å². The van der Waals surface area contributed by atoms with E-state index in [9.17, 15) is 4.79 Å². The first kappa shape index (κ1) is 13.4. The van der Waals surface area contributed by atoms with Crippen molar-refractivity contribution in [1.29, 1.82) is 0 Å². The van der Waals surface area contributed by atoms with E-state index in [0.717, 1.165) is 36.0 Å². The van der Waals surface area contributed by atoms with Gasteiger partial charge in [0.05, 0.1) is 0 Å². The predicted octanol–water partition coefficient (Wildman–Crippen LogP) is 3.21. The monoisotopic (exact) mass is 332 g/mol. The zero-order valence-electron chi connectivity index (χ0n) is 11.2. The van der Waals surface area contributed by atoms with Gasteiger partial charge < -0.3 is 9.88 Å². The molecule has 104 valence electrons. The van der Waals surface area contributed by atoms with Crippen LogP contribution in [0.2, 0.25) is 0 Å². The van der Waals surface area contributed by atoms with E-state index in [1.807, 2.05) is 34.9 Å². The number of para-hydroxylation sites is 1. The number of anilines is 1. The van der Waals surface area contributed by atoms with Gasteiger partial charge >= 0.3 is 0 Å². The molecule has 0 bridgehead atoms. The largest absolute Gasteiger partial charge is 0.382 e. The average molecular weight is 333 g/mol. The molecule has 1 aromatic carbocycles. The molecule has 1 aliphatic carbocycles. The lowest BCUT2D eigenvalue weighted by Gasteiger charge is -2.13. The van der Waals surface area contributed by atoms with Crippen LogP contribution >= 0.6 is 15.9 Å². The maximum atomic E-state index is 12.0. The Labute approximate surface area is 126 Å². The summed E-state index contributed by atoms with van der Waals surface area (Å²) in [5.41, 5.74) is 3.74. The highest BCUT2D eigenvalue weighted by atomic mass is 79.9. The maximum absolute atomic E-state index is 12.0. The zero-order valence-corrected chi connectivity index (χ0v) is 12.8. The molecule has 0 saturated carbocycles. The normalized spacial score (nSPS) is 13.2. The van der Waals surface area contributed by atoms with Crippen molar-refractivity contribution in [3.8, 4) is 0 Å². The Morgan fingerprint density at radius 2 is 2.00 bits per heavy atom. The molecule has 1 heterocycles. The van der Waals surface area contributed by atoms with Crippen LogP contribution in [0.5, 0.6) is 0 Å². The lowest BCUT2D eigenvalue weighted by Crippen LogP contribution is -2.26. The number of hydrogen-bond donors (Lipinski definition) is 1. The number of rotatable bonds is 4. The van der Waals surface area contributed by atoms with Gasteiger partial charge in [-0.1, -0.05) is 18.2 Å². The number of nitrogens with zero attached hydrogens (tertiary/aromatic N) is 1. The molecule has 0 aliphatic heterocycles. The molecule has 20 heavy (non-hydrogen) atoms. The molecule has 0 radical (unpaired) electrons. The van der Waals surface area contributed by atoms with Crippen molar-refractivity contribution in [2.45, 2.75) is 25.8 Å². The highest BCUT2D eigenvalue weighted by Gasteiger charge is 2.15. The summed E-state index contributed by atoms with van der Waals surface area (Å²) in [5, 5.41) is 3.37. The number of nitrogens with one attached hydrogen (secondary N) is 1. The highest BCUT2D eigenvalue weighted by molar-refractivity contribution is 9.10. The Morgan fingerprint density at radius 1 is 1.15 bits per heavy atom. The van der Waals surface area contributed by atoms with Gasteiger partial charge in [-0.05, 0) is 52.9 Å². The fourth-order valence-corrected chi connectivity index (χ4v) is 3.21. The molecule has 0 saturated heterocycles. The highest BCUT2D eigenvalue weighted by Crippen LogP contribution is 2.22. The number of aryl methyl sites for hydroxylation is 1. The van der Waals surface area contributed by atoms with Gasteiger partial charge in [-0.2, -0.15) is 0 Å². The Morgan fingerprint density at radius 3 is 2.85 bits per heavy atom. The first-order chi connectivity index (χ1) is 9.75. The van der Waals surface area contributed by atoms with Crippen LogP contribution in [0.25, 0.3) is 0 Å². The minimum atomic E-state index is 0.111. The number of pyridine rings is 1. The summed E-state index contributed by atoms with van der Waals surface area (Å²) in [7, 11) is 0. The molecule has 4 heteroatoms. The van der Waals surface area contributed by atoms with E-state index in [1.165, 1.54) is 11.3 Å². The molecule has 0 unspecified atom stereocenters. The average Bonchev–Trinajstić information content (AvgIpc) is 2.92. The molecule has 0 spiro atoms. The standard InChI is InChI=1S/C16H17BrN2O/c17-13-5-1-2-6-14(13)18-10-11-19-15-7-3-4-12(15)8-9-16(19)20/h1-2,5-6,8-9,18H,3-4,7,10-11H2. The summed E-state index contributed by atoms with van der Waals surface area (Å²) in [5.74, 6) is 0.